The van der Waals surface area contributed by atoms with Gasteiger partial charge in [0.1, 0.15) is 18.5 Å². The Hall–Kier alpha value is -3.17. The summed E-state index contributed by atoms with van der Waals surface area (Å²) in [5.41, 5.74) is 0.722. The zero-order valence-electron chi connectivity index (χ0n) is 15.9. The van der Waals surface area contributed by atoms with Crippen LogP contribution in [-0.2, 0) is 11.8 Å². The molecule has 156 valence electrons. The van der Waals surface area contributed by atoms with Crippen LogP contribution in [0, 0.1) is 19.7 Å². The van der Waals surface area contributed by atoms with Crippen molar-refractivity contribution in [1.82, 2.24) is 9.88 Å². The lowest BCUT2D eigenvalue weighted by molar-refractivity contribution is -0.119. The summed E-state index contributed by atoms with van der Waals surface area (Å²) in [6, 6.07) is 2.91. The molecule has 0 saturated carbocycles. The summed E-state index contributed by atoms with van der Waals surface area (Å²) < 4.78 is 52.2. The van der Waals surface area contributed by atoms with Crippen molar-refractivity contribution in [1.29, 1.82) is 0 Å². The number of aromatic nitrogens is 1. The molecule has 0 aliphatic heterocycles. The van der Waals surface area contributed by atoms with Gasteiger partial charge in [-0.25, -0.2) is 17.6 Å². The number of anilines is 1. The topological polar surface area (TPSA) is 80.2 Å². The number of ketones is 1. The van der Waals surface area contributed by atoms with Crippen molar-refractivity contribution in [2.45, 2.75) is 26.3 Å². The van der Waals surface area contributed by atoms with Crippen molar-refractivity contribution in [2.75, 3.05) is 12.0 Å². The second-order valence-electron chi connectivity index (χ2n) is 6.35. The number of Topliss-reactive ketones (excluding diaryl/α,β-unsaturated/α-hetero) is 1. The number of hydrogen-bond acceptors (Lipinski definition) is 3. The molecule has 10 heteroatoms. The second-order valence-corrected chi connectivity index (χ2v) is 6.35. The number of hydrogen-bond donors (Lipinski definition) is 2. The van der Waals surface area contributed by atoms with E-state index in [0.29, 0.717) is 11.4 Å². The fraction of sp³-hybridized carbons (Fsp3) is 0.316. The summed E-state index contributed by atoms with van der Waals surface area (Å²) in [6.07, 6.45) is -3.18. The van der Waals surface area contributed by atoms with Gasteiger partial charge in [-0.2, -0.15) is 0 Å². The molecule has 2 N–H and O–H groups in total. The van der Waals surface area contributed by atoms with Crippen molar-refractivity contribution in [3.8, 4) is 0 Å². The Labute approximate surface area is 163 Å². The minimum absolute atomic E-state index is 0.101. The Morgan fingerprint density at radius 1 is 1.10 bits per heavy atom. The van der Waals surface area contributed by atoms with E-state index in [4.69, 9.17) is 0 Å². The van der Waals surface area contributed by atoms with Crippen LogP contribution in [0.1, 0.15) is 32.1 Å². The van der Waals surface area contributed by atoms with Gasteiger partial charge in [-0.3, -0.25) is 14.4 Å². The molecular formula is C19H19F4N3O3. The Morgan fingerprint density at radius 2 is 1.69 bits per heavy atom. The van der Waals surface area contributed by atoms with Gasteiger partial charge in [-0.15, -0.1) is 0 Å². The maximum Gasteiger partial charge on any atom is 0.294 e. The zero-order chi connectivity index (χ0) is 21.9. The Kier molecular flexibility index (Phi) is 6.78. The molecule has 2 aromatic rings. The molecule has 0 bridgehead atoms. The number of benzene rings is 1. The molecule has 0 radical (unpaired) electrons. The molecule has 0 aliphatic carbocycles. The number of nitrogens with zero attached hydrogens (tertiary/aromatic N) is 1. The van der Waals surface area contributed by atoms with Crippen molar-refractivity contribution in [3.05, 3.63) is 52.6 Å². The first kappa shape index (κ1) is 22.1. The van der Waals surface area contributed by atoms with Gasteiger partial charge in [-0.05, 0) is 43.7 Å². The van der Waals surface area contributed by atoms with E-state index in [1.54, 1.807) is 5.32 Å². The first-order valence-electron chi connectivity index (χ1n) is 8.50. The normalized spacial score (nSPS) is 12.0. The highest BCUT2D eigenvalue weighted by Crippen LogP contribution is 2.23. The van der Waals surface area contributed by atoms with Gasteiger partial charge in [0.25, 0.3) is 24.0 Å². The van der Waals surface area contributed by atoms with Crippen LogP contribution >= 0.6 is 0 Å². The predicted octanol–water partition coefficient (Wildman–Crippen LogP) is 2.94. The number of amides is 2. The van der Waals surface area contributed by atoms with Gasteiger partial charge in [0, 0.05) is 18.4 Å². The summed E-state index contributed by atoms with van der Waals surface area (Å²) in [5.74, 6) is -3.66. The summed E-state index contributed by atoms with van der Waals surface area (Å²) >= 11 is 0. The average molecular weight is 413 g/mol. The van der Waals surface area contributed by atoms with Crippen LogP contribution in [0.25, 0.3) is 0 Å². The summed E-state index contributed by atoms with van der Waals surface area (Å²) in [5, 5.41) is 4.21. The third kappa shape index (κ3) is 4.64. The van der Waals surface area contributed by atoms with E-state index >= 15 is 0 Å². The number of carbonyl (C=O) groups excluding carboxylic acids is 3. The molecule has 1 aromatic carbocycles. The third-order valence-electron chi connectivity index (χ3n) is 4.47. The van der Waals surface area contributed by atoms with Crippen LogP contribution < -0.4 is 10.6 Å². The molecule has 1 aromatic heterocycles. The van der Waals surface area contributed by atoms with Crippen LogP contribution in [0.15, 0.2) is 24.3 Å². The second kappa shape index (κ2) is 8.89. The van der Waals surface area contributed by atoms with Crippen molar-refractivity contribution >= 4 is 23.3 Å². The van der Waals surface area contributed by atoms with E-state index in [9.17, 15) is 31.9 Å². The quantitative estimate of drug-likeness (QED) is 0.416. The lowest BCUT2D eigenvalue weighted by Gasteiger charge is -2.14. The summed E-state index contributed by atoms with van der Waals surface area (Å²) in [4.78, 5) is 37.1. The first-order valence-corrected chi connectivity index (χ1v) is 8.50. The largest absolute Gasteiger partial charge is 0.344 e. The van der Waals surface area contributed by atoms with Crippen LogP contribution in [-0.4, -0.2) is 41.3 Å². The molecule has 0 spiro atoms. The molecule has 1 unspecified atom stereocenters. The van der Waals surface area contributed by atoms with Gasteiger partial charge in [0.05, 0.1) is 11.3 Å². The summed E-state index contributed by atoms with van der Waals surface area (Å²) in [6.45, 7) is 1.42. The van der Waals surface area contributed by atoms with E-state index in [2.05, 4.69) is 5.32 Å². The minimum atomic E-state index is -3.18. The molecule has 1 heterocycles. The fourth-order valence-corrected chi connectivity index (χ4v) is 2.87. The van der Waals surface area contributed by atoms with Gasteiger partial charge in [0.15, 0.2) is 0 Å². The predicted molar refractivity (Wildman–Crippen MR) is 97.5 cm³/mol. The highest BCUT2D eigenvalue weighted by molar-refractivity contribution is 6.43. The van der Waals surface area contributed by atoms with E-state index in [0.717, 1.165) is 12.1 Å². The molecule has 2 rings (SSSR count). The van der Waals surface area contributed by atoms with Crippen molar-refractivity contribution < 1.29 is 31.9 Å². The Bertz CT molecular complexity index is 939. The zero-order valence-corrected chi connectivity index (χ0v) is 15.9. The van der Waals surface area contributed by atoms with Crippen molar-refractivity contribution in [3.63, 3.8) is 0 Å². The lowest BCUT2D eigenvalue weighted by atomic mass is 10.1. The van der Waals surface area contributed by atoms with Crippen molar-refractivity contribution in [2.24, 2.45) is 7.05 Å². The Morgan fingerprint density at radius 3 is 2.21 bits per heavy atom. The first-order chi connectivity index (χ1) is 13.6. The monoisotopic (exact) mass is 413 g/mol. The molecule has 6 nitrogen and oxygen atoms in total. The van der Waals surface area contributed by atoms with E-state index < -0.39 is 42.6 Å². The maximum atomic E-state index is 13.0. The molecular weight excluding hydrogens is 394 g/mol. The van der Waals surface area contributed by atoms with Crippen LogP contribution in [0.3, 0.4) is 0 Å². The molecule has 2 amide bonds. The standard InChI is InChI=1S/C19H19F4N3O3/c1-9-14(18(28)24-12-6-4-11(21)5-7-12)10(2)26(3)15(9)16(27)19(29)25-13(8-20)17(22)23/h4-7,13,17H,8H2,1-3H3,(H,24,28)(H,25,29). The van der Waals surface area contributed by atoms with Gasteiger partial charge < -0.3 is 15.2 Å². The van der Waals surface area contributed by atoms with E-state index in [1.807, 2.05) is 0 Å². The van der Waals surface area contributed by atoms with Gasteiger partial charge in [0.2, 0.25) is 0 Å². The fourth-order valence-electron chi connectivity index (χ4n) is 2.87. The molecule has 0 fully saturated rings. The van der Waals surface area contributed by atoms with E-state index in [1.165, 1.54) is 37.6 Å². The number of alkyl halides is 3. The number of halogens is 4. The Balaban J connectivity index is 2.31. The lowest BCUT2D eigenvalue weighted by Crippen LogP contribution is -2.45. The van der Waals surface area contributed by atoms with E-state index in [-0.39, 0.29) is 16.8 Å². The highest BCUT2D eigenvalue weighted by atomic mass is 19.3. The van der Waals surface area contributed by atoms with Crippen LogP contribution in [0.4, 0.5) is 23.2 Å². The minimum Gasteiger partial charge on any atom is -0.344 e. The SMILES string of the molecule is Cc1c(C(=O)Nc2ccc(F)cc2)c(C)n(C)c1C(=O)C(=O)NC(CF)C(F)F. The van der Waals surface area contributed by atoms with Gasteiger partial charge >= 0.3 is 0 Å². The molecule has 0 aliphatic rings. The number of carbonyl (C=O) groups is 3. The summed E-state index contributed by atoms with van der Waals surface area (Å²) in [7, 11) is 1.43. The third-order valence-corrected chi connectivity index (χ3v) is 4.47. The highest BCUT2D eigenvalue weighted by Gasteiger charge is 2.31. The van der Waals surface area contributed by atoms with Crippen LogP contribution in [0.5, 0.6) is 0 Å². The molecule has 0 saturated heterocycles. The van der Waals surface area contributed by atoms with Crippen LogP contribution in [0.2, 0.25) is 0 Å². The molecule has 29 heavy (non-hydrogen) atoms. The average Bonchev–Trinajstić information content (AvgIpc) is 2.89. The molecule has 1 atom stereocenters. The number of nitrogens with one attached hydrogen (secondary N) is 2. The van der Waals surface area contributed by atoms with Gasteiger partial charge in [-0.1, -0.05) is 0 Å². The smallest absolute Gasteiger partial charge is 0.294 e. The maximum absolute atomic E-state index is 13.0. The number of rotatable bonds is 7.